The molecule has 1 amide bonds. The summed E-state index contributed by atoms with van der Waals surface area (Å²) < 4.78 is 1.11. The number of benzene rings is 1. The minimum absolute atomic E-state index is 0.129. The molecular formula is C18H25BrN2O. The van der Waals surface area contributed by atoms with E-state index in [1.807, 2.05) is 0 Å². The Hall–Kier alpha value is -0.870. The Morgan fingerprint density at radius 1 is 1.32 bits per heavy atom. The van der Waals surface area contributed by atoms with E-state index < -0.39 is 0 Å². The highest BCUT2D eigenvalue weighted by Crippen LogP contribution is 2.44. The lowest BCUT2D eigenvalue weighted by atomic mass is 9.64. The molecule has 4 heteroatoms. The number of amides is 1. The second-order valence-corrected chi connectivity index (χ2v) is 7.81. The number of carbonyl (C=O) groups is 1. The summed E-state index contributed by atoms with van der Waals surface area (Å²) in [4.78, 5) is 12.5. The fraction of sp³-hybridized carbons (Fsp3) is 0.611. The van der Waals surface area contributed by atoms with Gasteiger partial charge < -0.3 is 11.1 Å². The Kier molecular flexibility index (Phi) is 4.88. The van der Waals surface area contributed by atoms with Gasteiger partial charge in [-0.05, 0) is 55.8 Å². The number of rotatable bonds is 5. The Morgan fingerprint density at radius 2 is 2.14 bits per heavy atom. The van der Waals surface area contributed by atoms with Crippen molar-refractivity contribution in [2.45, 2.75) is 43.9 Å². The number of halogens is 1. The molecule has 0 spiro atoms. The van der Waals surface area contributed by atoms with Gasteiger partial charge in [0.05, 0.1) is 0 Å². The maximum absolute atomic E-state index is 12.5. The van der Waals surface area contributed by atoms with Gasteiger partial charge in [0.1, 0.15) is 0 Å². The van der Waals surface area contributed by atoms with Crippen LogP contribution in [0.15, 0.2) is 28.7 Å². The topological polar surface area (TPSA) is 55.1 Å². The summed E-state index contributed by atoms with van der Waals surface area (Å²) in [5, 5.41) is 3.24. The number of hydrogen-bond acceptors (Lipinski definition) is 2. The number of carbonyl (C=O) groups excluding carboxylic acids is 1. The van der Waals surface area contributed by atoms with Crippen molar-refractivity contribution in [3.05, 3.63) is 34.3 Å². The summed E-state index contributed by atoms with van der Waals surface area (Å²) in [5.41, 5.74) is 7.28. The fourth-order valence-corrected chi connectivity index (χ4v) is 4.44. The Labute approximate surface area is 141 Å². The summed E-state index contributed by atoms with van der Waals surface area (Å²) >= 11 is 3.56. The third kappa shape index (κ3) is 3.09. The SMILES string of the molecule is NC[C@H]1CCC[C@H]1C(=O)NCC1(c2cccc(Br)c2)CCC1. The van der Waals surface area contributed by atoms with Crippen LogP contribution in [0.3, 0.4) is 0 Å². The van der Waals surface area contributed by atoms with Gasteiger partial charge in [0.15, 0.2) is 0 Å². The molecule has 0 aromatic heterocycles. The van der Waals surface area contributed by atoms with Gasteiger partial charge in [-0.1, -0.05) is 40.9 Å². The van der Waals surface area contributed by atoms with E-state index in [0.29, 0.717) is 12.5 Å². The lowest BCUT2D eigenvalue weighted by Gasteiger charge is -2.43. The molecule has 2 fully saturated rings. The van der Waals surface area contributed by atoms with E-state index in [4.69, 9.17) is 5.73 Å². The summed E-state index contributed by atoms with van der Waals surface area (Å²) in [6.07, 6.45) is 6.81. The Balaban J connectivity index is 1.65. The van der Waals surface area contributed by atoms with Gasteiger partial charge in [-0.15, -0.1) is 0 Å². The van der Waals surface area contributed by atoms with E-state index in [2.05, 4.69) is 45.5 Å². The van der Waals surface area contributed by atoms with Crippen molar-refractivity contribution in [2.75, 3.05) is 13.1 Å². The molecule has 0 aliphatic heterocycles. The molecule has 0 bridgehead atoms. The van der Waals surface area contributed by atoms with Crippen molar-refractivity contribution in [3.8, 4) is 0 Å². The van der Waals surface area contributed by atoms with E-state index in [1.165, 1.54) is 12.0 Å². The maximum atomic E-state index is 12.5. The zero-order valence-electron chi connectivity index (χ0n) is 13.0. The van der Waals surface area contributed by atoms with Gasteiger partial charge >= 0.3 is 0 Å². The smallest absolute Gasteiger partial charge is 0.223 e. The average Bonchev–Trinajstić information content (AvgIpc) is 2.94. The van der Waals surface area contributed by atoms with E-state index in [0.717, 1.165) is 43.1 Å². The number of nitrogens with one attached hydrogen (secondary N) is 1. The minimum atomic E-state index is 0.129. The standard InChI is InChI=1S/C18H25BrN2O/c19-15-6-2-5-14(10-15)18(8-3-9-18)12-21-17(22)16-7-1-4-13(16)11-20/h2,5-6,10,13,16H,1,3-4,7-9,11-12,20H2,(H,21,22)/t13-,16-/m1/s1. The Bertz CT molecular complexity index is 542. The molecule has 1 aromatic rings. The van der Waals surface area contributed by atoms with Crippen LogP contribution < -0.4 is 11.1 Å². The van der Waals surface area contributed by atoms with Crippen LogP contribution in [0, 0.1) is 11.8 Å². The van der Waals surface area contributed by atoms with Crippen molar-refractivity contribution in [2.24, 2.45) is 17.6 Å². The van der Waals surface area contributed by atoms with Gasteiger partial charge in [0.25, 0.3) is 0 Å². The van der Waals surface area contributed by atoms with Crippen LogP contribution in [0.4, 0.5) is 0 Å². The first-order valence-corrected chi connectivity index (χ1v) is 9.18. The molecule has 2 aliphatic rings. The van der Waals surface area contributed by atoms with E-state index in [1.54, 1.807) is 0 Å². The quantitative estimate of drug-likeness (QED) is 0.841. The molecular weight excluding hydrogens is 340 g/mol. The second-order valence-electron chi connectivity index (χ2n) is 6.90. The monoisotopic (exact) mass is 364 g/mol. The molecule has 3 N–H and O–H groups in total. The van der Waals surface area contributed by atoms with Crippen LogP contribution in [0.5, 0.6) is 0 Å². The van der Waals surface area contributed by atoms with Crippen LogP contribution in [0.2, 0.25) is 0 Å². The van der Waals surface area contributed by atoms with Gasteiger partial charge in [-0.3, -0.25) is 4.79 Å². The van der Waals surface area contributed by atoms with Crippen molar-refractivity contribution < 1.29 is 4.79 Å². The molecule has 0 saturated heterocycles. The van der Waals surface area contributed by atoms with Gasteiger partial charge in [0.2, 0.25) is 5.91 Å². The molecule has 2 atom stereocenters. The van der Waals surface area contributed by atoms with Gasteiger partial charge in [0, 0.05) is 22.4 Å². The first kappa shape index (κ1) is 16.0. The number of hydrogen-bond donors (Lipinski definition) is 2. The maximum Gasteiger partial charge on any atom is 0.223 e. The average molecular weight is 365 g/mol. The molecule has 0 unspecified atom stereocenters. The van der Waals surface area contributed by atoms with Crippen LogP contribution in [0.1, 0.15) is 44.1 Å². The zero-order chi connectivity index (χ0) is 15.6. The lowest BCUT2D eigenvalue weighted by molar-refractivity contribution is -0.126. The number of nitrogens with two attached hydrogens (primary N) is 1. The molecule has 120 valence electrons. The highest BCUT2D eigenvalue weighted by Gasteiger charge is 2.40. The second kappa shape index (κ2) is 6.71. The normalized spacial score (nSPS) is 26.5. The van der Waals surface area contributed by atoms with Crippen LogP contribution in [-0.4, -0.2) is 19.0 Å². The summed E-state index contributed by atoms with van der Waals surface area (Å²) in [7, 11) is 0. The lowest BCUT2D eigenvalue weighted by Crippen LogP contribution is -2.47. The van der Waals surface area contributed by atoms with E-state index >= 15 is 0 Å². The fourth-order valence-electron chi connectivity index (χ4n) is 4.04. The van der Waals surface area contributed by atoms with E-state index in [-0.39, 0.29) is 17.2 Å². The van der Waals surface area contributed by atoms with Crippen molar-refractivity contribution in [3.63, 3.8) is 0 Å². The Morgan fingerprint density at radius 3 is 2.77 bits per heavy atom. The van der Waals surface area contributed by atoms with Crippen LogP contribution in [-0.2, 0) is 10.2 Å². The molecule has 22 heavy (non-hydrogen) atoms. The molecule has 0 heterocycles. The largest absolute Gasteiger partial charge is 0.355 e. The predicted octanol–water partition coefficient (Wildman–Crippen LogP) is 3.36. The van der Waals surface area contributed by atoms with E-state index in [9.17, 15) is 4.79 Å². The third-order valence-corrected chi connectivity index (χ3v) is 6.14. The summed E-state index contributed by atoms with van der Waals surface area (Å²) in [6, 6.07) is 8.53. The van der Waals surface area contributed by atoms with Crippen LogP contribution in [0.25, 0.3) is 0 Å². The summed E-state index contributed by atoms with van der Waals surface area (Å²) in [5.74, 6) is 0.724. The van der Waals surface area contributed by atoms with Gasteiger partial charge in [-0.2, -0.15) is 0 Å². The van der Waals surface area contributed by atoms with Crippen LogP contribution >= 0.6 is 15.9 Å². The van der Waals surface area contributed by atoms with Crippen molar-refractivity contribution in [1.82, 2.24) is 5.32 Å². The predicted molar refractivity (Wildman–Crippen MR) is 92.6 cm³/mol. The highest BCUT2D eigenvalue weighted by molar-refractivity contribution is 9.10. The molecule has 2 aliphatic carbocycles. The molecule has 3 rings (SSSR count). The summed E-state index contributed by atoms with van der Waals surface area (Å²) in [6.45, 7) is 1.39. The van der Waals surface area contributed by atoms with Gasteiger partial charge in [-0.25, -0.2) is 0 Å². The minimum Gasteiger partial charge on any atom is -0.355 e. The van der Waals surface area contributed by atoms with Crippen molar-refractivity contribution >= 4 is 21.8 Å². The third-order valence-electron chi connectivity index (χ3n) is 5.65. The molecule has 0 radical (unpaired) electrons. The zero-order valence-corrected chi connectivity index (χ0v) is 14.6. The molecule has 2 saturated carbocycles. The highest BCUT2D eigenvalue weighted by atomic mass is 79.9. The first-order valence-electron chi connectivity index (χ1n) is 8.38. The van der Waals surface area contributed by atoms with Crippen molar-refractivity contribution in [1.29, 1.82) is 0 Å². The molecule has 3 nitrogen and oxygen atoms in total. The first-order chi connectivity index (χ1) is 10.6. The molecule has 1 aromatic carbocycles.